The minimum Gasteiger partial charge on any atom is -0.359 e. The van der Waals surface area contributed by atoms with E-state index in [1.165, 1.54) is 12.4 Å². The average molecular weight is 234 g/mol. The van der Waals surface area contributed by atoms with Crippen molar-refractivity contribution in [2.24, 2.45) is 0 Å². The van der Waals surface area contributed by atoms with Crippen LogP contribution in [-0.2, 0) is 0 Å². The molecule has 0 aromatic carbocycles. The molecule has 1 aliphatic carbocycles. The van der Waals surface area contributed by atoms with Crippen LogP contribution in [0.4, 0.5) is 14.6 Å². The maximum atomic E-state index is 13.3. The Hall–Kier alpha value is -0.970. The summed E-state index contributed by atoms with van der Waals surface area (Å²) in [5, 5.41) is 2.77. The predicted octanol–water partition coefficient (Wildman–Crippen LogP) is 2.73. The summed E-state index contributed by atoms with van der Waals surface area (Å²) in [5.74, 6) is -2.45. The van der Waals surface area contributed by atoms with Gasteiger partial charge in [-0.15, -0.1) is 0 Å². The van der Waals surface area contributed by atoms with Crippen molar-refractivity contribution in [2.45, 2.75) is 31.2 Å². The third-order valence-electron chi connectivity index (χ3n) is 2.48. The lowest BCUT2D eigenvalue weighted by Gasteiger charge is -2.20. The highest BCUT2D eigenvalue weighted by Crippen LogP contribution is 2.37. The number of hydrogen-bond donors (Lipinski definition) is 1. The molecule has 1 aromatic heterocycles. The van der Waals surface area contributed by atoms with E-state index in [-0.39, 0.29) is 17.4 Å². The minimum absolute atomic E-state index is 0.0808. The van der Waals surface area contributed by atoms with E-state index in [0.717, 1.165) is 0 Å². The number of nitrogens with one attached hydrogen (secondary N) is 1. The van der Waals surface area contributed by atoms with Gasteiger partial charge in [-0.1, -0.05) is 11.6 Å². The molecular formula is C9H10ClF2N3. The number of halogens is 3. The molecule has 0 aliphatic heterocycles. The van der Waals surface area contributed by atoms with Crippen LogP contribution < -0.4 is 5.32 Å². The van der Waals surface area contributed by atoms with E-state index in [0.29, 0.717) is 12.8 Å². The van der Waals surface area contributed by atoms with Crippen molar-refractivity contribution in [3.63, 3.8) is 0 Å². The lowest BCUT2D eigenvalue weighted by atomic mass is 10.2. The molecule has 1 aromatic rings. The summed E-state index contributed by atoms with van der Waals surface area (Å²) in [6.45, 7) is 0. The van der Waals surface area contributed by atoms with Crippen molar-refractivity contribution in [1.29, 1.82) is 0 Å². The molecule has 0 amide bonds. The molecule has 1 heterocycles. The molecule has 1 aliphatic rings. The van der Waals surface area contributed by atoms with Gasteiger partial charge in [0.05, 0.1) is 6.04 Å². The summed E-state index contributed by atoms with van der Waals surface area (Å²) in [6.07, 6.45) is 3.70. The van der Waals surface area contributed by atoms with Gasteiger partial charge in [0.1, 0.15) is 0 Å². The first kappa shape index (κ1) is 10.5. The van der Waals surface area contributed by atoms with Gasteiger partial charge in [0.15, 0.2) is 11.0 Å². The normalized spacial score (nSPS) is 24.1. The van der Waals surface area contributed by atoms with Crippen LogP contribution in [-0.4, -0.2) is 21.9 Å². The largest absolute Gasteiger partial charge is 0.359 e. The molecule has 1 atom stereocenters. The molecule has 82 valence electrons. The number of nitrogens with zero attached hydrogens (tertiary/aromatic N) is 2. The van der Waals surface area contributed by atoms with E-state index in [1.807, 2.05) is 0 Å². The molecular weight excluding hydrogens is 224 g/mol. The Balaban J connectivity index is 2.12. The van der Waals surface area contributed by atoms with E-state index in [2.05, 4.69) is 15.3 Å². The number of alkyl halides is 2. The Kier molecular flexibility index (Phi) is 2.73. The molecule has 0 radical (unpaired) electrons. The average Bonchev–Trinajstić information content (AvgIpc) is 2.50. The number of aromatic nitrogens is 2. The summed E-state index contributed by atoms with van der Waals surface area (Å²) in [4.78, 5) is 7.63. The van der Waals surface area contributed by atoms with E-state index in [9.17, 15) is 8.78 Å². The predicted molar refractivity (Wildman–Crippen MR) is 53.3 cm³/mol. The summed E-state index contributed by atoms with van der Waals surface area (Å²) in [6, 6.07) is -0.883. The van der Waals surface area contributed by atoms with Gasteiger partial charge in [0, 0.05) is 18.8 Å². The smallest absolute Gasteiger partial charge is 0.267 e. The van der Waals surface area contributed by atoms with Gasteiger partial charge in [-0.2, -0.15) is 0 Å². The highest BCUT2D eigenvalue weighted by atomic mass is 35.5. The second-order valence-electron chi connectivity index (χ2n) is 3.55. The van der Waals surface area contributed by atoms with Gasteiger partial charge >= 0.3 is 0 Å². The SMILES string of the molecule is FC1(F)CCCC1Nc1nccnc1Cl. The second-order valence-corrected chi connectivity index (χ2v) is 3.90. The Morgan fingerprint density at radius 1 is 1.40 bits per heavy atom. The van der Waals surface area contributed by atoms with Gasteiger partial charge in [-0.3, -0.25) is 0 Å². The second kappa shape index (κ2) is 3.89. The minimum atomic E-state index is -2.68. The molecule has 15 heavy (non-hydrogen) atoms. The topological polar surface area (TPSA) is 37.8 Å². The van der Waals surface area contributed by atoms with E-state index in [1.54, 1.807) is 0 Å². The third-order valence-corrected chi connectivity index (χ3v) is 2.75. The van der Waals surface area contributed by atoms with Gasteiger partial charge in [0.2, 0.25) is 0 Å². The lowest BCUT2D eigenvalue weighted by molar-refractivity contribution is -0.000688. The number of anilines is 1. The van der Waals surface area contributed by atoms with Crippen LogP contribution >= 0.6 is 11.6 Å². The van der Waals surface area contributed by atoms with Crippen molar-refractivity contribution < 1.29 is 8.78 Å². The zero-order valence-electron chi connectivity index (χ0n) is 7.88. The Bertz CT molecular complexity index is 359. The van der Waals surface area contributed by atoms with Crippen LogP contribution in [0.3, 0.4) is 0 Å². The Morgan fingerprint density at radius 3 is 2.73 bits per heavy atom. The molecule has 0 bridgehead atoms. The van der Waals surface area contributed by atoms with Crippen LogP contribution in [0, 0.1) is 0 Å². The number of rotatable bonds is 2. The van der Waals surface area contributed by atoms with Gasteiger partial charge < -0.3 is 5.32 Å². The van der Waals surface area contributed by atoms with Crippen LogP contribution in [0.2, 0.25) is 5.15 Å². The first-order valence-electron chi connectivity index (χ1n) is 4.70. The molecule has 3 nitrogen and oxygen atoms in total. The van der Waals surface area contributed by atoms with E-state index in [4.69, 9.17) is 11.6 Å². The van der Waals surface area contributed by atoms with Crippen LogP contribution in [0.25, 0.3) is 0 Å². The van der Waals surface area contributed by atoms with Crippen LogP contribution in [0.15, 0.2) is 12.4 Å². The summed E-state index contributed by atoms with van der Waals surface area (Å²) < 4.78 is 26.5. The first-order chi connectivity index (χ1) is 7.09. The molecule has 0 saturated heterocycles. The molecule has 0 spiro atoms. The van der Waals surface area contributed by atoms with E-state index < -0.39 is 12.0 Å². The van der Waals surface area contributed by atoms with Crippen molar-refractivity contribution in [3.8, 4) is 0 Å². The summed E-state index contributed by atoms with van der Waals surface area (Å²) >= 11 is 5.71. The highest BCUT2D eigenvalue weighted by molar-refractivity contribution is 6.31. The molecule has 1 unspecified atom stereocenters. The van der Waals surface area contributed by atoms with Crippen LogP contribution in [0.5, 0.6) is 0 Å². The molecule has 1 N–H and O–H groups in total. The van der Waals surface area contributed by atoms with Gasteiger partial charge in [-0.05, 0) is 12.8 Å². The fourth-order valence-electron chi connectivity index (χ4n) is 1.69. The zero-order chi connectivity index (χ0) is 10.9. The first-order valence-corrected chi connectivity index (χ1v) is 5.08. The fraction of sp³-hybridized carbons (Fsp3) is 0.556. The van der Waals surface area contributed by atoms with Crippen molar-refractivity contribution >= 4 is 17.4 Å². The molecule has 2 rings (SSSR count). The molecule has 1 saturated carbocycles. The quantitative estimate of drug-likeness (QED) is 0.854. The third kappa shape index (κ3) is 2.17. The standard InChI is InChI=1S/C9H10ClF2N3/c10-7-8(14-5-4-13-7)15-6-2-1-3-9(6,11)12/h4-6H,1-3H2,(H,14,15). The maximum absolute atomic E-state index is 13.3. The number of hydrogen-bond acceptors (Lipinski definition) is 3. The van der Waals surface area contributed by atoms with Crippen molar-refractivity contribution in [3.05, 3.63) is 17.5 Å². The molecule has 1 fully saturated rings. The summed E-state index contributed by atoms with van der Waals surface area (Å²) in [7, 11) is 0. The maximum Gasteiger partial charge on any atom is 0.267 e. The Morgan fingerprint density at radius 2 is 2.13 bits per heavy atom. The lowest BCUT2D eigenvalue weighted by Crippen LogP contribution is -2.34. The van der Waals surface area contributed by atoms with Crippen molar-refractivity contribution in [2.75, 3.05) is 5.32 Å². The monoisotopic (exact) mass is 233 g/mol. The summed E-state index contributed by atoms with van der Waals surface area (Å²) in [5.41, 5.74) is 0. The highest BCUT2D eigenvalue weighted by Gasteiger charge is 2.44. The van der Waals surface area contributed by atoms with Gasteiger partial charge in [0.25, 0.3) is 5.92 Å². The zero-order valence-corrected chi connectivity index (χ0v) is 8.64. The van der Waals surface area contributed by atoms with Crippen molar-refractivity contribution in [1.82, 2.24) is 9.97 Å². The fourth-order valence-corrected chi connectivity index (χ4v) is 1.85. The van der Waals surface area contributed by atoms with Gasteiger partial charge in [-0.25, -0.2) is 18.7 Å². The molecule has 6 heteroatoms. The Labute approximate surface area is 90.9 Å². The van der Waals surface area contributed by atoms with E-state index >= 15 is 0 Å². The van der Waals surface area contributed by atoms with Crippen LogP contribution in [0.1, 0.15) is 19.3 Å².